The fraction of sp³-hybridized carbons (Fsp3) is 0.143. The first-order valence-electron chi connectivity index (χ1n) is 6.06. The van der Waals surface area contributed by atoms with Gasteiger partial charge in [0, 0.05) is 0 Å². The van der Waals surface area contributed by atoms with Gasteiger partial charge in [-0.2, -0.15) is 0 Å². The molecule has 104 valence electrons. The Bertz CT molecular complexity index is 632. The molecule has 0 atom stereocenters. The molecule has 0 aliphatic rings. The van der Waals surface area contributed by atoms with Crippen molar-refractivity contribution in [3.63, 3.8) is 0 Å². The normalized spacial score (nSPS) is 10.1. The Balaban J connectivity index is 2.28. The zero-order valence-electron chi connectivity index (χ0n) is 10.9. The Morgan fingerprint density at radius 2 is 2.20 bits per heavy atom. The number of anilines is 3. The van der Waals surface area contributed by atoms with Crippen LogP contribution in [0.15, 0.2) is 36.5 Å². The zero-order valence-corrected chi connectivity index (χ0v) is 10.9. The van der Waals surface area contributed by atoms with Gasteiger partial charge in [0.1, 0.15) is 11.6 Å². The Morgan fingerprint density at radius 3 is 2.90 bits per heavy atom. The van der Waals surface area contributed by atoms with E-state index in [1.165, 1.54) is 18.3 Å². The lowest BCUT2D eigenvalue weighted by Gasteiger charge is -2.09. The molecule has 0 radical (unpaired) electrons. The van der Waals surface area contributed by atoms with Crippen LogP contribution in [0.1, 0.15) is 17.3 Å². The average Bonchev–Trinajstić information content (AvgIpc) is 2.43. The molecular weight excluding hydrogens is 261 g/mol. The van der Waals surface area contributed by atoms with Crippen LogP contribution >= 0.6 is 0 Å². The fourth-order valence-electron chi connectivity index (χ4n) is 1.62. The van der Waals surface area contributed by atoms with E-state index in [4.69, 9.17) is 10.5 Å². The van der Waals surface area contributed by atoms with Gasteiger partial charge in [0.25, 0.3) is 0 Å². The minimum Gasteiger partial charge on any atom is -0.462 e. The van der Waals surface area contributed by atoms with Gasteiger partial charge in [-0.25, -0.2) is 14.2 Å². The number of benzene rings is 1. The van der Waals surface area contributed by atoms with Gasteiger partial charge in [0.15, 0.2) is 0 Å². The summed E-state index contributed by atoms with van der Waals surface area (Å²) in [7, 11) is 0. The number of hydrogen-bond donors (Lipinski definition) is 2. The van der Waals surface area contributed by atoms with Crippen LogP contribution in [-0.4, -0.2) is 17.6 Å². The van der Waals surface area contributed by atoms with E-state index in [-0.39, 0.29) is 23.5 Å². The van der Waals surface area contributed by atoms with Crippen LogP contribution in [0.4, 0.5) is 21.6 Å². The highest BCUT2D eigenvalue weighted by molar-refractivity contribution is 5.95. The molecule has 0 saturated heterocycles. The maximum absolute atomic E-state index is 13.5. The number of nitrogens with two attached hydrogens (primary N) is 1. The van der Waals surface area contributed by atoms with Gasteiger partial charge in [-0.05, 0) is 25.1 Å². The summed E-state index contributed by atoms with van der Waals surface area (Å²) in [6.45, 7) is 1.95. The molecule has 2 rings (SSSR count). The Kier molecular flexibility index (Phi) is 4.14. The Hall–Kier alpha value is -2.63. The second-order valence-corrected chi connectivity index (χ2v) is 3.98. The SMILES string of the molecule is CCOC(=O)c1cc(Nc2ccccc2F)ncc1N. The number of nitrogens with zero attached hydrogens (tertiary/aromatic N) is 1. The molecule has 0 amide bonds. The zero-order chi connectivity index (χ0) is 14.5. The number of halogens is 1. The topological polar surface area (TPSA) is 77.2 Å². The number of esters is 1. The van der Waals surface area contributed by atoms with E-state index in [0.29, 0.717) is 5.82 Å². The highest BCUT2D eigenvalue weighted by atomic mass is 19.1. The van der Waals surface area contributed by atoms with Crippen LogP contribution in [0.3, 0.4) is 0 Å². The number of pyridine rings is 1. The average molecular weight is 275 g/mol. The maximum atomic E-state index is 13.5. The molecule has 5 nitrogen and oxygen atoms in total. The number of ether oxygens (including phenoxy) is 1. The number of para-hydroxylation sites is 1. The van der Waals surface area contributed by atoms with Gasteiger partial charge in [0.05, 0.1) is 29.7 Å². The molecule has 1 aromatic heterocycles. The smallest absolute Gasteiger partial charge is 0.340 e. The summed E-state index contributed by atoms with van der Waals surface area (Å²) < 4.78 is 18.4. The number of hydrogen-bond acceptors (Lipinski definition) is 5. The van der Waals surface area contributed by atoms with Gasteiger partial charge >= 0.3 is 5.97 Å². The Labute approximate surface area is 115 Å². The molecule has 0 aliphatic carbocycles. The molecule has 0 spiro atoms. The summed E-state index contributed by atoms with van der Waals surface area (Å²) in [6.07, 6.45) is 1.33. The molecule has 3 N–H and O–H groups in total. The fourth-order valence-corrected chi connectivity index (χ4v) is 1.62. The highest BCUT2D eigenvalue weighted by Crippen LogP contribution is 2.21. The first kappa shape index (κ1) is 13.8. The summed E-state index contributed by atoms with van der Waals surface area (Å²) in [4.78, 5) is 15.7. The molecule has 0 saturated carbocycles. The van der Waals surface area contributed by atoms with Crippen LogP contribution in [0.25, 0.3) is 0 Å². The lowest BCUT2D eigenvalue weighted by atomic mass is 10.2. The standard InChI is InChI=1S/C14H14FN3O2/c1-2-20-14(19)9-7-13(17-8-11(9)16)18-12-6-4-3-5-10(12)15/h3-8H,2,16H2,1H3,(H,17,18). The van der Waals surface area contributed by atoms with E-state index in [1.54, 1.807) is 25.1 Å². The molecule has 0 fully saturated rings. The number of carbonyl (C=O) groups excluding carboxylic acids is 1. The molecule has 1 aromatic carbocycles. The lowest BCUT2D eigenvalue weighted by Crippen LogP contribution is -2.09. The quantitative estimate of drug-likeness (QED) is 0.839. The van der Waals surface area contributed by atoms with E-state index in [9.17, 15) is 9.18 Å². The van der Waals surface area contributed by atoms with Crippen molar-refractivity contribution in [1.82, 2.24) is 4.98 Å². The predicted octanol–water partition coefficient (Wildman–Crippen LogP) is 2.72. The predicted molar refractivity (Wildman–Crippen MR) is 74.3 cm³/mol. The number of nitrogens with one attached hydrogen (secondary N) is 1. The van der Waals surface area contributed by atoms with Gasteiger partial charge in [0.2, 0.25) is 0 Å². The van der Waals surface area contributed by atoms with Crippen molar-refractivity contribution in [3.05, 3.63) is 47.9 Å². The van der Waals surface area contributed by atoms with E-state index in [0.717, 1.165) is 0 Å². The molecular formula is C14H14FN3O2. The number of carbonyl (C=O) groups is 1. The third-order valence-electron chi connectivity index (χ3n) is 2.57. The lowest BCUT2D eigenvalue weighted by molar-refractivity contribution is 0.0527. The summed E-state index contributed by atoms with van der Waals surface area (Å²) in [5, 5.41) is 2.79. The van der Waals surface area contributed by atoms with Crippen molar-refractivity contribution in [2.24, 2.45) is 0 Å². The summed E-state index contributed by atoms with van der Waals surface area (Å²) >= 11 is 0. The van der Waals surface area contributed by atoms with E-state index in [1.807, 2.05) is 0 Å². The summed E-state index contributed by atoms with van der Waals surface area (Å²) in [5.74, 6) is -0.639. The van der Waals surface area contributed by atoms with Crippen LogP contribution in [0.5, 0.6) is 0 Å². The van der Waals surface area contributed by atoms with Crippen LogP contribution < -0.4 is 11.1 Å². The van der Waals surface area contributed by atoms with Gasteiger partial charge in [-0.3, -0.25) is 0 Å². The summed E-state index contributed by atoms with van der Waals surface area (Å²) in [6, 6.07) is 7.60. The van der Waals surface area contributed by atoms with Gasteiger partial charge in [-0.15, -0.1) is 0 Å². The first-order chi connectivity index (χ1) is 9.61. The second-order valence-electron chi connectivity index (χ2n) is 3.98. The Morgan fingerprint density at radius 1 is 1.45 bits per heavy atom. The third kappa shape index (κ3) is 3.03. The molecule has 0 unspecified atom stereocenters. The van der Waals surface area contributed by atoms with E-state index in [2.05, 4.69) is 10.3 Å². The van der Waals surface area contributed by atoms with E-state index >= 15 is 0 Å². The number of nitrogen functional groups attached to an aromatic ring is 1. The van der Waals surface area contributed by atoms with Crippen molar-refractivity contribution in [2.75, 3.05) is 17.7 Å². The molecule has 20 heavy (non-hydrogen) atoms. The largest absolute Gasteiger partial charge is 0.462 e. The van der Waals surface area contributed by atoms with Crippen molar-refractivity contribution < 1.29 is 13.9 Å². The minimum absolute atomic E-state index is 0.195. The number of rotatable bonds is 4. The molecule has 6 heteroatoms. The maximum Gasteiger partial charge on any atom is 0.340 e. The van der Waals surface area contributed by atoms with Crippen molar-refractivity contribution in [3.8, 4) is 0 Å². The van der Waals surface area contributed by atoms with Crippen LogP contribution in [-0.2, 0) is 4.74 Å². The molecule has 2 aromatic rings. The third-order valence-corrected chi connectivity index (χ3v) is 2.57. The first-order valence-corrected chi connectivity index (χ1v) is 6.06. The van der Waals surface area contributed by atoms with Crippen LogP contribution in [0.2, 0.25) is 0 Å². The molecule has 0 aliphatic heterocycles. The van der Waals surface area contributed by atoms with Crippen molar-refractivity contribution in [1.29, 1.82) is 0 Å². The van der Waals surface area contributed by atoms with E-state index < -0.39 is 11.8 Å². The molecule has 1 heterocycles. The van der Waals surface area contributed by atoms with Gasteiger partial charge in [-0.1, -0.05) is 12.1 Å². The minimum atomic E-state index is -0.538. The van der Waals surface area contributed by atoms with Gasteiger partial charge < -0.3 is 15.8 Å². The van der Waals surface area contributed by atoms with Crippen molar-refractivity contribution in [2.45, 2.75) is 6.92 Å². The second kappa shape index (κ2) is 6.01. The monoisotopic (exact) mass is 275 g/mol. The number of aromatic nitrogens is 1. The van der Waals surface area contributed by atoms with Crippen molar-refractivity contribution >= 4 is 23.2 Å². The molecule has 0 bridgehead atoms. The highest BCUT2D eigenvalue weighted by Gasteiger charge is 2.13. The summed E-state index contributed by atoms with van der Waals surface area (Å²) in [5.41, 5.74) is 6.35. The van der Waals surface area contributed by atoms with Crippen LogP contribution in [0, 0.1) is 5.82 Å².